The van der Waals surface area contributed by atoms with Crippen molar-refractivity contribution in [2.45, 2.75) is 5.25 Å². The Hall–Kier alpha value is 0.190. The van der Waals surface area contributed by atoms with Gasteiger partial charge >= 0.3 is 0 Å². The first-order valence-electron chi connectivity index (χ1n) is 3.20. The van der Waals surface area contributed by atoms with Crippen LogP contribution >= 0.6 is 10.8 Å². The molecule has 0 unspecified atom stereocenters. The van der Waals surface area contributed by atoms with Crippen molar-refractivity contribution in [1.29, 1.82) is 0 Å². The van der Waals surface area contributed by atoms with E-state index in [9.17, 15) is 9.11 Å². The third-order valence-corrected chi connectivity index (χ3v) is 4.03. The maximum atomic E-state index is 9.44. The van der Waals surface area contributed by atoms with Gasteiger partial charge in [-0.3, -0.25) is 9.11 Å². The van der Waals surface area contributed by atoms with Crippen molar-refractivity contribution in [1.82, 2.24) is 9.62 Å². The molecule has 1 aliphatic heterocycles. The van der Waals surface area contributed by atoms with E-state index in [1.54, 1.807) is 14.1 Å². The van der Waals surface area contributed by atoms with E-state index in [4.69, 9.17) is 0 Å². The van der Waals surface area contributed by atoms with Gasteiger partial charge in [0.25, 0.3) is 0 Å². The van der Waals surface area contributed by atoms with E-state index in [-0.39, 0.29) is 5.25 Å². The molecule has 1 aliphatic rings. The summed E-state index contributed by atoms with van der Waals surface area (Å²) in [5, 5.41) is 3.03. The second kappa shape index (κ2) is 2.67. The molecule has 1 rings (SSSR count). The average molecular weight is 166 g/mol. The van der Waals surface area contributed by atoms with Crippen LogP contribution in [0.15, 0.2) is 0 Å². The van der Waals surface area contributed by atoms with E-state index in [1.165, 1.54) is 4.31 Å². The maximum Gasteiger partial charge on any atom is 0.0888 e. The van der Waals surface area contributed by atoms with Crippen molar-refractivity contribution < 1.29 is 9.11 Å². The van der Waals surface area contributed by atoms with Crippen LogP contribution in [0.25, 0.3) is 0 Å². The first-order valence-corrected chi connectivity index (χ1v) is 4.77. The highest BCUT2D eigenvalue weighted by Crippen LogP contribution is 2.47. The molecule has 0 aromatic rings. The summed E-state index contributed by atoms with van der Waals surface area (Å²) in [4.78, 5) is 0. The van der Waals surface area contributed by atoms with Gasteiger partial charge in [-0.05, 0) is 0 Å². The fourth-order valence-corrected chi connectivity index (χ4v) is 2.06. The number of nitrogens with one attached hydrogen (secondary N) is 1. The SMILES string of the molecule is CN(C)S(O)(O)C1CNC1. The number of rotatable bonds is 2. The lowest BCUT2D eigenvalue weighted by atomic mass is 10.3. The Morgan fingerprint density at radius 1 is 1.40 bits per heavy atom. The summed E-state index contributed by atoms with van der Waals surface area (Å²) in [6.45, 7) is 1.45. The summed E-state index contributed by atoms with van der Waals surface area (Å²) < 4.78 is 20.4. The Labute approximate surface area is 62.7 Å². The molecule has 0 spiro atoms. The minimum absolute atomic E-state index is 0.0301. The zero-order valence-electron chi connectivity index (χ0n) is 6.24. The van der Waals surface area contributed by atoms with Gasteiger partial charge in [0.15, 0.2) is 0 Å². The van der Waals surface area contributed by atoms with Crippen LogP contribution in [0.5, 0.6) is 0 Å². The van der Waals surface area contributed by atoms with E-state index in [0.29, 0.717) is 0 Å². The van der Waals surface area contributed by atoms with Crippen LogP contribution in [-0.4, -0.2) is 45.8 Å². The van der Waals surface area contributed by atoms with Gasteiger partial charge in [0.05, 0.1) is 5.25 Å². The standard InChI is InChI=1S/C5H14N2O2S/c1-7(2)10(8,9)5-3-6-4-5/h5-6,8-9H,3-4H2,1-2H3. The van der Waals surface area contributed by atoms with E-state index in [0.717, 1.165) is 13.1 Å². The Bertz CT molecular complexity index is 125. The van der Waals surface area contributed by atoms with Gasteiger partial charge in [0.1, 0.15) is 0 Å². The number of hydrogen-bond donors (Lipinski definition) is 3. The normalized spacial score (nSPS) is 22.9. The summed E-state index contributed by atoms with van der Waals surface area (Å²) in [5.74, 6) is 0. The minimum atomic E-state index is -2.47. The van der Waals surface area contributed by atoms with Crippen molar-refractivity contribution in [3.63, 3.8) is 0 Å². The first kappa shape index (κ1) is 8.29. The van der Waals surface area contributed by atoms with Crippen LogP contribution in [-0.2, 0) is 0 Å². The molecule has 4 nitrogen and oxygen atoms in total. The van der Waals surface area contributed by atoms with E-state index >= 15 is 0 Å². The third kappa shape index (κ3) is 1.28. The van der Waals surface area contributed by atoms with E-state index in [2.05, 4.69) is 5.32 Å². The molecule has 0 bridgehead atoms. The van der Waals surface area contributed by atoms with Crippen molar-refractivity contribution in [2.75, 3.05) is 27.2 Å². The highest BCUT2D eigenvalue weighted by atomic mass is 32.3. The van der Waals surface area contributed by atoms with Gasteiger partial charge in [-0.25, -0.2) is 4.31 Å². The molecule has 0 aromatic heterocycles. The van der Waals surface area contributed by atoms with Crippen LogP contribution in [0.4, 0.5) is 0 Å². The molecule has 3 N–H and O–H groups in total. The molecule has 10 heavy (non-hydrogen) atoms. The summed E-state index contributed by atoms with van der Waals surface area (Å²) in [6.07, 6.45) is 0. The third-order valence-electron chi connectivity index (χ3n) is 1.73. The molecule has 1 heterocycles. The van der Waals surface area contributed by atoms with Crippen molar-refractivity contribution >= 4 is 10.8 Å². The largest absolute Gasteiger partial charge is 0.313 e. The van der Waals surface area contributed by atoms with Crippen molar-refractivity contribution in [2.24, 2.45) is 0 Å². The highest BCUT2D eigenvalue weighted by molar-refractivity contribution is 8.22. The summed E-state index contributed by atoms with van der Waals surface area (Å²) >= 11 is 0. The lowest BCUT2D eigenvalue weighted by Crippen LogP contribution is -2.52. The summed E-state index contributed by atoms with van der Waals surface area (Å²) in [7, 11) is 0.907. The lowest BCUT2D eigenvalue weighted by molar-refractivity contribution is 0.369. The van der Waals surface area contributed by atoms with Gasteiger partial charge in [-0.1, -0.05) is 0 Å². The van der Waals surface area contributed by atoms with Gasteiger partial charge in [0.2, 0.25) is 0 Å². The Balaban J connectivity index is 2.48. The molecule has 0 radical (unpaired) electrons. The first-order chi connectivity index (χ1) is 4.55. The molecular formula is C5H14N2O2S. The second-order valence-corrected chi connectivity index (χ2v) is 5.17. The second-order valence-electron chi connectivity index (χ2n) is 2.65. The zero-order valence-corrected chi connectivity index (χ0v) is 7.06. The summed E-state index contributed by atoms with van der Waals surface area (Å²) in [5.41, 5.74) is 0. The maximum absolute atomic E-state index is 9.44. The topological polar surface area (TPSA) is 55.7 Å². The molecule has 1 fully saturated rings. The van der Waals surface area contributed by atoms with Crippen LogP contribution in [0.1, 0.15) is 0 Å². The van der Waals surface area contributed by atoms with Gasteiger partial charge in [-0.15, -0.1) is 10.8 Å². The monoisotopic (exact) mass is 166 g/mol. The highest BCUT2D eigenvalue weighted by Gasteiger charge is 2.32. The molecule has 0 atom stereocenters. The molecule has 5 heteroatoms. The molecule has 1 saturated heterocycles. The zero-order chi connectivity index (χ0) is 7.78. The lowest BCUT2D eigenvalue weighted by Gasteiger charge is -2.48. The number of nitrogens with zero attached hydrogens (tertiary/aromatic N) is 1. The molecule has 0 amide bonds. The number of hydrogen-bond acceptors (Lipinski definition) is 4. The minimum Gasteiger partial charge on any atom is -0.313 e. The molecule has 0 aliphatic carbocycles. The molecule has 0 saturated carbocycles. The Morgan fingerprint density at radius 3 is 2.00 bits per heavy atom. The summed E-state index contributed by atoms with van der Waals surface area (Å²) in [6, 6.07) is 0. The van der Waals surface area contributed by atoms with Crippen LogP contribution < -0.4 is 5.32 Å². The predicted octanol–water partition coefficient (Wildman–Crippen LogP) is 0.185. The Kier molecular flexibility index (Phi) is 2.21. The van der Waals surface area contributed by atoms with Crippen molar-refractivity contribution in [3.8, 4) is 0 Å². The molecule has 62 valence electrons. The van der Waals surface area contributed by atoms with Gasteiger partial charge < -0.3 is 5.32 Å². The van der Waals surface area contributed by atoms with E-state index in [1.807, 2.05) is 0 Å². The van der Waals surface area contributed by atoms with Gasteiger partial charge in [-0.2, -0.15) is 0 Å². The predicted molar refractivity (Wildman–Crippen MR) is 43.2 cm³/mol. The van der Waals surface area contributed by atoms with Crippen molar-refractivity contribution in [3.05, 3.63) is 0 Å². The average Bonchev–Trinajstić information content (AvgIpc) is 1.57. The van der Waals surface area contributed by atoms with Gasteiger partial charge in [0, 0.05) is 27.2 Å². The fraction of sp³-hybridized carbons (Fsp3) is 1.00. The smallest absolute Gasteiger partial charge is 0.0888 e. The fourth-order valence-electron chi connectivity index (χ4n) is 0.784. The molecular weight excluding hydrogens is 152 g/mol. The van der Waals surface area contributed by atoms with Crippen LogP contribution in [0.3, 0.4) is 0 Å². The molecule has 0 aromatic carbocycles. The van der Waals surface area contributed by atoms with Crippen LogP contribution in [0, 0.1) is 0 Å². The van der Waals surface area contributed by atoms with E-state index < -0.39 is 10.8 Å². The Morgan fingerprint density at radius 2 is 1.90 bits per heavy atom. The van der Waals surface area contributed by atoms with Crippen LogP contribution in [0.2, 0.25) is 0 Å². The quantitative estimate of drug-likeness (QED) is 0.548.